The molecule has 5 heteroatoms. The van der Waals surface area contributed by atoms with E-state index in [4.69, 9.17) is 9.15 Å². The van der Waals surface area contributed by atoms with E-state index in [2.05, 4.69) is 35.6 Å². The van der Waals surface area contributed by atoms with Crippen molar-refractivity contribution < 1.29 is 18.3 Å². The maximum Gasteiger partial charge on any atom is 0.244 e. The van der Waals surface area contributed by atoms with Gasteiger partial charge in [-0.2, -0.15) is 0 Å². The highest BCUT2D eigenvalue weighted by atomic mass is 19.1. The van der Waals surface area contributed by atoms with E-state index >= 15 is 0 Å². The van der Waals surface area contributed by atoms with Gasteiger partial charge in [-0.1, -0.05) is 48.5 Å². The Balaban J connectivity index is 1.44. The van der Waals surface area contributed by atoms with Gasteiger partial charge in [-0.25, -0.2) is 4.39 Å². The maximum absolute atomic E-state index is 13.1. The van der Waals surface area contributed by atoms with Gasteiger partial charge in [-0.05, 0) is 72.0 Å². The van der Waals surface area contributed by atoms with Crippen LogP contribution in [0.5, 0.6) is 5.75 Å². The number of halogens is 1. The van der Waals surface area contributed by atoms with Crippen molar-refractivity contribution in [3.63, 3.8) is 0 Å². The van der Waals surface area contributed by atoms with Crippen LogP contribution < -0.4 is 10.1 Å². The predicted octanol–water partition coefficient (Wildman–Crippen LogP) is 7.47. The van der Waals surface area contributed by atoms with Gasteiger partial charge in [-0.15, -0.1) is 0 Å². The zero-order valence-corrected chi connectivity index (χ0v) is 21.1. The third-order valence-corrected chi connectivity index (χ3v) is 6.71. The van der Waals surface area contributed by atoms with Gasteiger partial charge >= 0.3 is 0 Å². The number of nitrogens with one attached hydrogen (secondary N) is 1. The van der Waals surface area contributed by atoms with Crippen molar-refractivity contribution in [2.75, 3.05) is 13.7 Å². The van der Waals surface area contributed by atoms with Gasteiger partial charge in [0.1, 0.15) is 17.1 Å². The minimum atomic E-state index is -0.269. The van der Waals surface area contributed by atoms with Gasteiger partial charge in [0.2, 0.25) is 5.91 Å². The molecular formula is C32H28FNO3. The van der Waals surface area contributed by atoms with Gasteiger partial charge in [-0.3, -0.25) is 4.79 Å². The number of furan rings is 1. The summed E-state index contributed by atoms with van der Waals surface area (Å²) in [5.74, 6) is 0.218. The van der Waals surface area contributed by atoms with E-state index in [1.165, 1.54) is 17.5 Å². The first-order valence-electron chi connectivity index (χ1n) is 12.2. The fourth-order valence-electron chi connectivity index (χ4n) is 4.76. The summed E-state index contributed by atoms with van der Waals surface area (Å²) in [5, 5.41) is 6.22. The molecule has 1 N–H and O–H groups in total. The molecule has 4 nitrogen and oxygen atoms in total. The van der Waals surface area contributed by atoms with E-state index in [0.717, 1.165) is 49.7 Å². The third kappa shape index (κ3) is 4.98. The highest BCUT2D eigenvalue weighted by Gasteiger charge is 2.19. The molecule has 5 rings (SSSR count). The minimum absolute atomic E-state index is 0.193. The largest absolute Gasteiger partial charge is 0.496 e. The number of carbonyl (C=O) groups excluding carboxylic acids is 1. The summed E-state index contributed by atoms with van der Waals surface area (Å²) in [6.07, 6.45) is 3.99. The molecule has 0 bridgehead atoms. The van der Waals surface area contributed by atoms with Crippen molar-refractivity contribution in [1.82, 2.24) is 5.32 Å². The van der Waals surface area contributed by atoms with Crippen molar-refractivity contribution in [2.45, 2.75) is 20.3 Å². The van der Waals surface area contributed by atoms with Gasteiger partial charge in [0.05, 0.1) is 13.4 Å². The average Bonchev–Trinajstić information content (AvgIpc) is 3.34. The Kier molecular flexibility index (Phi) is 6.78. The standard InChI is InChI=1S/C32H28FNO3/c1-20(16-30(35)34-15-14-22-8-12-26(33)13-9-22)27-18-28-29(19-37-32(28)21(2)31(27)36-3)25-11-10-23-6-4-5-7-24(23)17-25/h4-13,16-19H,14-15H2,1-3H3,(H,34,35)/b20-16+. The number of ether oxygens (including phenoxy) is 1. The number of benzene rings is 4. The number of allylic oxidation sites excluding steroid dienone is 1. The molecule has 0 aliphatic carbocycles. The highest BCUT2D eigenvalue weighted by molar-refractivity contribution is 6.02. The van der Waals surface area contributed by atoms with E-state index in [0.29, 0.717) is 18.7 Å². The van der Waals surface area contributed by atoms with Crippen LogP contribution in [0.1, 0.15) is 23.6 Å². The average molecular weight is 494 g/mol. The second-order valence-electron chi connectivity index (χ2n) is 9.17. The second-order valence-corrected chi connectivity index (χ2v) is 9.17. The van der Waals surface area contributed by atoms with Crippen molar-refractivity contribution >= 4 is 33.2 Å². The number of hydrogen-bond donors (Lipinski definition) is 1. The SMILES string of the molecule is COc1c(/C(C)=C/C(=O)NCCc2ccc(F)cc2)cc2c(-c3ccc4ccccc4c3)coc2c1C. The number of fused-ring (bicyclic) bond motifs is 2. The monoisotopic (exact) mass is 493 g/mol. The van der Waals surface area contributed by atoms with Crippen LogP contribution in [0, 0.1) is 12.7 Å². The van der Waals surface area contributed by atoms with Crippen LogP contribution in [0.2, 0.25) is 0 Å². The summed E-state index contributed by atoms with van der Waals surface area (Å²) in [6.45, 7) is 4.32. The first-order chi connectivity index (χ1) is 17.9. The quantitative estimate of drug-likeness (QED) is 0.239. The summed E-state index contributed by atoms with van der Waals surface area (Å²) in [7, 11) is 1.63. The molecular weight excluding hydrogens is 465 g/mol. The molecule has 0 saturated carbocycles. The van der Waals surface area contributed by atoms with Crippen molar-refractivity contribution in [2.24, 2.45) is 0 Å². The maximum atomic E-state index is 13.1. The summed E-state index contributed by atoms with van der Waals surface area (Å²) in [4.78, 5) is 12.7. The van der Waals surface area contributed by atoms with E-state index < -0.39 is 0 Å². The molecule has 0 fully saturated rings. The van der Waals surface area contributed by atoms with Crippen LogP contribution in [-0.2, 0) is 11.2 Å². The molecule has 1 heterocycles. The first-order valence-corrected chi connectivity index (χ1v) is 12.2. The van der Waals surface area contributed by atoms with Gasteiger partial charge < -0.3 is 14.5 Å². The normalized spacial score (nSPS) is 11.7. The molecule has 0 aliphatic rings. The highest BCUT2D eigenvalue weighted by Crippen LogP contribution is 2.41. The lowest BCUT2D eigenvalue weighted by atomic mass is 9.95. The molecule has 0 atom stereocenters. The van der Waals surface area contributed by atoms with Gasteiger partial charge in [0.25, 0.3) is 0 Å². The van der Waals surface area contributed by atoms with E-state index in [9.17, 15) is 9.18 Å². The summed E-state index contributed by atoms with van der Waals surface area (Å²) < 4.78 is 24.8. The van der Waals surface area contributed by atoms with Crippen LogP contribution in [-0.4, -0.2) is 19.6 Å². The van der Waals surface area contributed by atoms with Crippen molar-refractivity contribution in [3.05, 3.63) is 108 Å². The molecule has 0 saturated heterocycles. The Morgan fingerprint density at radius 1 is 1.03 bits per heavy atom. The molecule has 1 amide bonds. The fraction of sp³-hybridized carbons (Fsp3) is 0.156. The number of carbonyl (C=O) groups is 1. The van der Waals surface area contributed by atoms with Crippen LogP contribution >= 0.6 is 0 Å². The summed E-state index contributed by atoms with van der Waals surface area (Å²) >= 11 is 0. The third-order valence-electron chi connectivity index (χ3n) is 6.71. The van der Waals surface area contributed by atoms with Crippen LogP contribution in [0.25, 0.3) is 38.4 Å². The molecule has 0 aliphatic heterocycles. The predicted molar refractivity (Wildman–Crippen MR) is 147 cm³/mol. The molecule has 0 radical (unpaired) electrons. The smallest absolute Gasteiger partial charge is 0.244 e. The molecule has 186 valence electrons. The number of hydrogen-bond acceptors (Lipinski definition) is 3. The van der Waals surface area contributed by atoms with Crippen LogP contribution in [0.3, 0.4) is 0 Å². The van der Waals surface area contributed by atoms with E-state index in [-0.39, 0.29) is 11.7 Å². The molecule has 1 aromatic heterocycles. The fourth-order valence-corrected chi connectivity index (χ4v) is 4.76. The van der Waals surface area contributed by atoms with Crippen molar-refractivity contribution in [1.29, 1.82) is 0 Å². The van der Waals surface area contributed by atoms with Crippen LogP contribution in [0.15, 0.2) is 89.6 Å². The Hall–Kier alpha value is -4.38. The molecule has 5 aromatic rings. The minimum Gasteiger partial charge on any atom is -0.496 e. The first kappa shape index (κ1) is 24.3. The lowest BCUT2D eigenvalue weighted by molar-refractivity contribution is -0.116. The summed E-state index contributed by atoms with van der Waals surface area (Å²) in [5.41, 5.74) is 6.28. The molecule has 4 aromatic carbocycles. The Morgan fingerprint density at radius 2 is 1.78 bits per heavy atom. The van der Waals surface area contributed by atoms with E-state index in [1.807, 2.05) is 32.0 Å². The van der Waals surface area contributed by atoms with Crippen LogP contribution in [0.4, 0.5) is 4.39 Å². The van der Waals surface area contributed by atoms with E-state index in [1.54, 1.807) is 31.6 Å². The number of rotatable bonds is 7. The van der Waals surface area contributed by atoms with Crippen molar-refractivity contribution in [3.8, 4) is 16.9 Å². The second kappa shape index (κ2) is 10.3. The zero-order chi connectivity index (χ0) is 25.9. The Labute approximate surface area is 215 Å². The zero-order valence-electron chi connectivity index (χ0n) is 21.1. The Bertz CT molecular complexity index is 1630. The summed E-state index contributed by atoms with van der Waals surface area (Å²) in [6, 6.07) is 23.0. The van der Waals surface area contributed by atoms with Gasteiger partial charge in [0.15, 0.2) is 0 Å². The number of aryl methyl sites for hydroxylation is 1. The number of amides is 1. The van der Waals surface area contributed by atoms with Gasteiger partial charge in [0, 0.05) is 34.7 Å². The molecule has 0 spiro atoms. The molecule has 0 unspecified atom stereocenters. The lowest BCUT2D eigenvalue weighted by Gasteiger charge is -2.13. The topological polar surface area (TPSA) is 51.5 Å². The number of methoxy groups -OCH3 is 1. The molecule has 37 heavy (non-hydrogen) atoms. The Morgan fingerprint density at radius 3 is 2.54 bits per heavy atom. The lowest BCUT2D eigenvalue weighted by Crippen LogP contribution is -2.23.